The number of allylic oxidation sites excluding steroid dienone is 3. The van der Waals surface area contributed by atoms with Crippen molar-refractivity contribution in [3.8, 4) is 0 Å². The van der Waals surface area contributed by atoms with Crippen molar-refractivity contribution in [3.05, 3.63) is 23.8 Å². The third-order valence-corrected chi connectivity index (χ3v) is 1.45. The molecule has 0 aromatic rings. The lowest BCUT2D eigenvalue weighted by Crippen LogP contribution is -2.15. The summed E-state index contributed by atoms with van der Waals surface area (Å²) in [6, 6.07) is 0. The van der Waals surface area contributed by atoms with Crippen molar-refractivity contribution >= 4 is 11.9 Å². The van der Waals surface area contributed by atoms with Gasteiger partial charge in [0.1, 0.15) is 5.57 Å². The lowest BCUT2D eigenvalue weighted by Gasteiger charge is -2.01. The highest BCUT2D eigenvalue weighted by Crippen LogP contribution is 2.01. The first kappa shape index (κ1) is 12.4. The Labute approximate surface area is 83.2 Å². The smallest absolute Gasteiger partial charge is 0.345 e. The van der Waals surface area contributed by atoms with Gasteiger partial charge in [0, 0.05) is 0 Å². The molecule has 0 amide bonds. The monoisotopic (exact) mass is 198 g/mol. The molecule has 0 bridgehead atoms. The van der Waals surface area contributed by atoms with Crippen molar-refractivity contribution in [2.45, 2.75) is 13.3 Å². The molecule has 0 aliphatic rings. The first-order valence-electron chi connectivity index (χ1n) is 4.20. The molecule has 0 fully saturated rings. The van der Waals surface area contributed by atoms with Crippen molar-refractivity contribution < 1.29 is 19.1 Å². The highest BCUT2D eigenvalue weighted by molar-refractivity contribution is 6.14. The van der Waals surface area contributed by atoms with Gasteiger partial charge in [0.05, 0.1) is 14.2 Å². The molecule has 0 saturated carbocycles. The van der Waals surface area contributed by atoms with Crippen LogP contribution >= 0.6 is 0 Å². The molecule has 0 aromatic heterocycles. The zero-order valence-electron chi connectivity index (χ0n) is 8.57. The van der Waals surface area contributed by atoms with E-state index in [0.717, 1.165) is 6.42 Å². The third kappa shape index (κ3) is 3.89. The Morgan fingerprint density at radius 1 is 1.14 bits per heavy atom. The van der Waals surface area contributed by atoms with Gasteiger partial charge in [-0.25, -0.2) is 9.59 Å². The van der Waals surface area contributed by atoms with Gasteiger partial charge >= 0.3 is 11.9 Å². The molecule has 78 valence electrons. The fourth-order valence-electron chi connectivity index (χ4n) is 0.740. The molecular formula is C10H14O4. The molecule has 0 spiro atoms. The fourth-order valence-corrected chi connectivity index (χ4v) is 0.740. The largest absolute Gasteiger partial charge is 0.465 e. The van der Waals surface area contributed by atoms with E-state index < -0.39 is 11.9 Å². The predicted octanol–water partition coefficient (Wildman–Crippen LogP) is 1.23. The average molecular weight is 198 g/mol. The van der Waals surface area contributed by atoms with E-state index in [9.17, 15) is 9.59 Å². The van der Waals surface area contributed by atoms with Crippen molar-refractivity contribution in [2.24, 2.45) is 0 Å². The van der Waals surface area contributed by atoms with Gasteiger partial charge in [-0.05, 0) is 12.5 Å². The van der Waals surface area contributed by atoms with Crippen molar-refractivity contribution in [1.29, 1.82) is 0 Å². The minimum absolute atomic E-state index is 0.111. The molecule has 0 unspecified atom stereocenters. The van der Waals surface area contributed by atoms with Crippen LogP contribution in [0.1, 0.15) is 13.3 Å². The highest BCUT2D eigenvalue weighted by Gasteiger charge is 2.18. The topological polar surface area (TPSA) is 52.6 Å². The minimum atomic E-state index is -0.697. The van der Waals surface area contributed by atoms with Gasteiger partial charge in [0.25, 0.3) is 0 Å². The molecule has 0 radical (unpaired) electrons. The van der Waals surface area contributed by atoms with E-state index in [1.807, 2.05) is 13.0 Å². The van der Waals surface area contributed by atoms with E-state index in [0.29, 0.717) is 0 Å². The van der Waals surface area contributed by atoms with Crippen LogP contribution in [0.25, 0.3) is 0 Å². The van der Waals surface area contributed by atoms with Crippen LogP contribution in [0.3, 0.4) is 0 Å². The molecule has 14 heavy (non-hydrogen) atoms. The summed E-state index contributed by atoms with van der Waals surface area (Å²) in [6.45, 7) is 1.94. The summed E-state index contributed by atoms with van der Waals surface area (Å²) in [6.07, 6.45) is 5.63. The summed E-state index contributed by atoms with van der Waals surface area (Å²) in [7, 11) is 2.42. The van der Waals surface area contributed by atoms with Gasteiger partial charge in [-0.2, -0.15) is 0 Å². The van der Waals surface area contributed by atoms with Gasteiger partial charge < -0.3 is 9.47 Å². The lowest BCUT2D eigenvalue weighted by molar-refractivity contribution is -0.144. The Bertz CT molecular complexity index is 245. The Morgan fingerprint density at radius 2 is 1.64 bits per heavy atom. The maximum absolute atomic E-state index is 11.1. The first-order valence-corrected chi connectivity index (χ1v) is 4.20. The second kappa shape index (κ2) is 6.88. The molecular weight excluding hydrogens is 184 g/mol. The predicted molar refractivity (Wildman–Crippen MR) is 51.5 cm³/mol. The van der Waals surface area contributed by atoms with E-state index in [1.165, 1.54) is 20.3 Å². The summed E-state index contributed by atoms with van der Waals surface area (Å²) < 4.78 is 8.85. The van der Waals surface area contributed by atoms with Gasteiger partial charge in [0.2, 0.25) is 0 Å². The summed E-state index contributed by atoms with van der Waals surface area (Å²) in [5, 5.41) is 0. The molecule has 4 heteroatoms. The first-order chi connectivity index (χ1) is 6.67. The summed E-state index contributed by atoms with van der Waals surface area (Å²) in [5.74, 6) is -1.39. The molecule has 0 aliphatic heterocycles. The second-order valence-electron chi connectivity index (χ2n) is 2.40. The number of hydrogen-bond donors (Lipinski definition) is 0. The SMILES string of the molecule is CCC=CC=C(C(=O)OC)C(=O)OC. The molecule has 0 rings (SSSR count). The van der Waals surface area contributed by atoms with Crippen molar-refractivity contribution in [1.82, 2.24) is 0 Å². The summed E-state index contributed by atoms with van der Waals surface area (Å²) in [4.78, 5) is 22.2. The molecule has 0 heterocycles. The number of hydrogen-bond acceptors (Lipinski definition) is 4. The highest BCUT2D eigenvalue weighted by atomic mass is 16.5. The summed E-state index contributed by atoms with van der Waals surface area (Å²) >= 11 is 0. The minimum Gasteiger partial charge on any atom is -0.465 e. The van der Waals surface area contributed by atoms with Gasteiger partial charge in [0.15, 0.2) is 0 Å². The normalized spacial score (nSPS) is 9.64. The van der Waals surface area contributed by atoms with Crippen LogP contribution in [-0.2, 0) is 19.1 Å². The van der Waals surface area contributed by atoms with Crippen LogP contribution in [0.4, 0.5) is 0 Å². The molecule has 0 saturated heterocycles. The third-order valence-electron chi connectivity index (χ3n) is 1.45. The number of rotatable bonds is 4. The Kier molecular flexibility index (Phi) is 6.11. The molecule has 0 N–H and O–H groups in total. The number of methoxy groups -OCH3 is 2. The van der Waals surface area contributed by atoms with Crippen molar-refractivity contribution in [2.75, 3.05) is 14.2 Å². The standard InChI is InChI=1S/C10H14O4/c1-4-5-6-7-8(9(11)13-2)10(12)14-3/h5-7H,4H2,1-3H3. The zero-order chi connectivity index (χ0) is 11.0. The Hall–Kier alpha value is -1.58. The Balaban J connectivity index is 4.71. The van der Waals surface area contributed by atoms with Crippen LogP contribution in [-0.4, -0.2) is 26.2 Å². The number of esters is 2. The van der Waals surface area contributed by atoms with E-state index in [4.69, 9.17) is 0 Å². The number of carbonyl (C=O) groups is 2. The average Bonchev–Trinajstić information content (AvgIpc) is 2.22. The van der Waals surface area contributed by atoms with Crippen LogP contribution < -0.4 is 0 Å². The maximum Gasteiger partial charge on any atom is 0.345 e. The zero-order valence-corrected chi connectivity index (χ0v) is 8.57. The molecule has 0 aromatic carbocycles. The lowest BCUT2D eigenvalue weighted by atomic mass is 10.2. The molecule has 0 atom stereocenters. The molecule has 4 nitrogen and oxygen atoms in total. The maximum atomic E-state index is 11.1. The van der Waals surface area contributed by atoms with E-state index in [1.54, 1.807) is 6.08 Å². The second-order valence-corrected chi connectivity index (χ2v) is 2.40. The quantitative estimate of drug-likeness (QED) is 0.224. The molecule has 0 aliphatic carbocycles. The number of ether oxygens (including phenoxy) is 2. The number of carbonyl (C=O) groups excluding carboxylic acids is 2. The van der Waals surface area contributed by atoms with Crippen LogP contribution in [0.2, 0.25) is 0 Å². The van der Waals surface area contributed by atoms with Crippen LogP contribution in [0.5, 0.6) is 0 Å². The summed E-state index contributed by atoms with van der Waals surface area (Å²) in [5.41, 5.74) is -0.111. The van der Waals surface area contributed by atoms with Gasteiger partial charge in [-0.1, -0.05) is 19.1 Å². The fraction of sp³-hybridized carbons (Fsp3) is 0.400. The Morgan fingerprint density at radius 3 is 2.00 bits per heavy atom. The van der Waals surface area contributed by atoms with Crippen LogP contribution in [0.15, 0.2) is 23.8 Å². The van der Waals surface area contributed by atoms with Gasteiger partial charge in [-0.3, -0.25) is 0 Å². The van der Waals surface area contributed by atoms with E-state index in [2.05, 4.69) is 9.47 Å². The van der Waals surface area contributed by atoms with Crippen LogP contribution in [0, 0.1) is 0 Å². The van der Waals surface area contributed by atoms with Gasteiger partial charge in [-0.15, -0.1) is 0 Å². The van der Waals surface area contributed by atoms with E-state index in [-0.39, 0.29) is 5.57 Å². The van der Waals surface area contributed by atoms with E-state index >= 15 is 0 Å². The van der Waals surface area contributed by atoms with Crippen molar-refractivity contribution in [3.63, 3.8) is 0 Å².